The fraction of sp³-hybridized carbons (Fsp3) is 0.286. The highest BCUT2D eigenvalue weighted by Crippen LogP contribution is 2.36. The zero-order valence-corrected chi connectivity index (χ0v) is 11.6. The first-order valence-electron chi connectivity index (χ1n) is 6.69. The SMILES string of the molecule is NC(O)CCCc1c([N+](=O)[O-])cc([N+](=O)[O-])c2ccccc12. The third-order valence-corrected chi connectivity index (χ3v) is 3.43. The third-order valence-electron chi connectivity index (χ3n) is 3.43. The smallest absolute Gasteiger partial charge is 0.284 e. The lowest BCUT2D eigenvalue weighted by Crippen LogP contribution is -2.18. The van der Waals surface area contributed by atoms with Crippen LogP contribution in [-0.4, -0.2) is 21.2 Å². The molecule has 0 saturated carbocycles. The van der Waals surface area contributed by atoms with Crippen LogP contribution in [0.25, 0.3) is 10.8 Å². The predicted octanol–water partition coefficient (Wildman–Crippen LogP) is 2.26. The van der Waals surface area contributed by atoms with E-state index in [2.05, 4.69) is 0 Å². The number of aliphatic hydroxyl groups excluding tert-OH is 1. The van der Waals surface area contributed by atoms with Crippen LogP contribution in [0.4, 0.5) is 11.4 Å². The van der Waals surface area contributed by atoms with Gasteiger partial charge in [-0.1, -0.05) is 18.2 Å². The van der Waals surface area contributed by atoms with Gasteiger partial charge in [-0.05, 0) is 30.7 Å². The first kappa shape index (κ1) is 15.8. The summed E-state index contributed by atoms with van der Waals surface area (Å²) in [7, 11) is 0. The molecule has 3 N–H and O–H groups in total. The van der Waals surface area contributed by atoms with E-state index < -0.39 is 16.1 Å². The number of fused-ring (bicyclic) bond motifs is 1. The summed E-state index contributed by atoms with van der Waals surface area (Å²) in [5, 5.41) is 32.3. The molecule has 8 heteroatoms. The molecule has 22 heavy (non-hydrogen) atoms. The molecule has 2 aromatic carbocycles. The molecule has 0 amide bonds. The number of nitrogens with two attached hydrogens (primary N) is 1. The Hall–Kier alpha value is -2.58. The van der Waals surface area contributed by atoms with Crippen LogP contribution in [0.2, 0.25) is 0 Å². The van der Waals surface area contributed by atoms with Gasteiger partial charge >= 0.3 is 0 Å². The number of aliphatic hydroxyl groups is 1. The van der Waals surface area contributed by atoms with E-state index in [0.29, 0.717) is 35.6 Å². The average molecular weight is 305 g/mol. The fourth-order valence-electron chi connectivity index (χ4n) is 2.47. The van der Waals surface area contributed by atoms with Gasteiger partial charge in [0.1, 0.15) is 6.23 Å². The molecule has 0 heterocycles. The second kappa shape index (κ2) is 6.46. The molecule has 0 radical (unpaired) electrons. The van der Waals surface area contributed by atoms with E-state index in [4.69, 9.17) is 10.8 Å². The van der Waals surface area contributed by atoms with E-state index in [1.54, 1.807) is 24.3 Å². The van der Waals surface area contributed by atoms with Gasteiger partial charge in [0.25, 0.3) is 11.4 Å². The van der Waals surface area contributed by atoms with Gasteiger partial charge in [-0.3, -0.25) is 20.2 Å². The summed E-state index contributed by atoms with van der Waals surface area (Å²) in [6.45, 7) is 0. The minimum absolute atomic E-state index is 0.281. The van der Waals surface area contributed by atoms with Gasteiger partial charge in [0.2, 0.25) is 0 Å². The van der Waals surface area contributed by atoms with Crippen molar-refractivity contribution in [2.45, 2.75) is 25.5 Å². The van der Waals surface area contributed by atoms with E-state index in [1.807, 2.05) is 0 Å². The molecule has 0 spiro atoms. The summed E-state index contributed by atoms with van der Waals surface area (Å²) < 4.78 is 0. The quantitative estimate of drug-likeness (QED) is 0.477. The largest absolute Gasteiger partial charge is 0.379 e. The van der Waals surface area contributed by atoms with Crippen LogP contribution in [0.15, 0.2) is 30.3 Å². The number of nitrogens with zero attached hydrogens (tertiary/aromatic N) is 2. The van der Waals surface area contributed by atoms with Crippen molar-refractivity contribution in [3.63, 3.8) is 0 Å². The first-order valence-corrected chi connectivity index (χ1v) is 6.69. The summed E-state index contributed by atoms with van der Waals surface area (Å²) in [4.78, 5) is 21.1. The summed E-state index contributed by atoms with van der Waals surface area (Å²) in [6.07, 6.45) is 0.0645. The van der Waals surface area contributed by atoms with Gasteiger partial charge in [0.15, 0.2) is 0 Å². The van der Waals surface area contributed by atoms with E-state index in [-0.39, 0.29) is 11.4 Å². The van der Waals surface area contributed by atoms with Crippen molar-refractivity contribution in [3.8, 4) is 0 Å². The molecular formula is C14H15N3O5. The van der Waals surface area contributed by atoms with Crippen molar-refractivity contribution >= 4 is 22.1 Å². The van der Waals surface area contributed by atoms with Crippen molar-refractivity contribution in [1.29, 1.82) is 0 Å². The topological polar surface area (TPSA) is 133 Å². The molecular weight excluding hydrogens is 290 g/mol. The summed E-state index contributed by atoms with van der Waals surface area (Å²) >= 11 is 0. The second-order valence-electron chi connectivity index (χ2n) is 4.91. The fourth-order valence-corrected chi connectivity index (χ4v) is 2.47. The molecule has 0 aliphatic carbocycles. The van der Waals surface area contributed by atoms with Gasteiger partial charge in [-0.2, -0.15) is 0 Å². The Morgan fingerprint density at radius 1 is 1.09 bits per heavy atom. The summed E-state index contributed by atoms with van der Waals surface area (Å²) in [6, 6.07) is 7.52. The van der Waals surface area contributed by atoms with Crippen molar-refractivity contribution in [2.75, 3.05) is 0 Å². The van der Waals surface area contributed by atoms with Crippen LogP contribution in [0.3, 0.4) is 0 Å². The molecule has 0 fully saturated rings. The number of rotatable bonds is 6. The van der Waals surface area contributed by atoms with Crippen LogP contribution in [0, 0.1) is 20.2 Å². The zero-order valence-electron chi connectivity index (χ0n) is 11.6. The first-order chi connectivity index (χ1) is 10.4. The van der Waals surface area contributed by atoms with Gasteiger partial charge in [0, 0.05) is 5.56 Å². The normalized spacial score (nSPS) is 12.3. The molecule has 0 bridgehead atoms. The molecule has 8 nitrogen and oxygen atoms in total. The highest BCUT2D eigenvalue weighted by Gasteiger charge is 2.24. The molecule has 2 rings (SSSR count). The maximum absolute atomic E-state index is 11.2. The highest BCUT2D eigenvalue weighted by molar-refractivity contribution is 5.96. The number of benzene rings is 2. The Bertz CT molecular complexity index is 730. The van der Waals surface area contributed by atoms with Gasteiger partial charge < -0.3 is 10.8 Å². The highest BCUT2D eigenvalue weighted by atomic mass is 16.6. The van der Waals surface area contributed by atoms with Gasteiger partial charge in [-0.15, -0.1) is 0 Å². The number of non-ortho nitro benzene ring substituents is 1. The van der Waals surface area contributed by atoms with Crippen molar-refractivity contribution in [3.05, 3.63) is 56.1 Å². The average Bonchev–Trinajstić information content (AvgIpc) is 2.46. The van der Waals surface area contributed by atoms with E-state index in [9.17, 15) is 20.2 Å². The van der Waals surface area contributed by atoms with Crippen LogP contribution >= 0.6 is 0 Å². The van der Waals surface area contributed by atoms with E-state index in [1.165, 1.54) is 0 Å². The molecule has 1 unspecified atom stereocenters. The second-order valence-corrected chi connectivity index (χ2v) is 4.91. The summed E-state index contributed by atoms with van der Waals surface area (Å²) in [5.74, 6) is 0. The minimum Gasteiger partial charge on any atom is -0.379 e. The number of hydrogen-bond acceptors (Lipinski definition) is 6. The van der Waals surface area contributed by atoms with Crippen LogP contribution in [0.1, 0.15) is 18.4 Å². The minimum atomic E-state index is -0.983. The third kappa shape index (κ3) is 3.18. The van der Waals surface area contributed by atoms with Crippen LogP contribution in [0.5, 0.6) is 0 Å². The Morgan fingerprint density at radius 3 is 2.23 bits per heavy atom. The lowest BCUT2D eigenvalue weighted by atomic mass is 9.97. The van der Waals surface area contributed by atoms with E-state index in [0.717, 1.165) is 6.07 Å². The van der Waals surface area contributed by atoms with Crippen molar-refractivity contribution in [1.82, 2.24) is 0 Å². The molecule has 2 aromatic rings. The lowest BCUT2D eigenvalue weighted by Gasteiger charge is -2.09. The number of hydrogen-bond donors (Lipinski definition) is 2. The summed E-state index contributed by atoms with van der Waals surface area (Å²) in [5.41, 5.74) is 5.12. The van der Waals surface area contributed by atoms with E-state index >= 15 is 0 Å². The zero-order chi connectivity index (χ0) is 16.3. The molecule has 116 valence electrons. The number of aryl methyl sites for hydroxylation is 1. The molecule has 0 aliphatic heterocycles. The Morgan fingerprint density at radius 2 is 1.68 bits per heavy atom. The Balaban J connectivity index is 2.61. The number of nitro benzene ring substituents is 2. The molecule has 0 saturated heterocycles. The van der Waals surface area contributed by atoms with Crippen LogP contribution in [-0.2, 0) is 6.42 Å². The molecule has 0 aliphatic rings. The van der Waals surface area contributed by atoms with Crippen molar-refractivity contribution < 1.29 is 15.0 Å². The Labute approximate surface area is 125 Å². The van der Waals surface area contributed by atoms with Crippen LogP contribution < -0.4 is 5.73 Å². The Kier molecular flexibility index (Phi) is 4.64. The molecule has 0 aromatic heterocycles. The van der Waals surface area contributed by atoms with Crippen molar-refractivity contribution in [2.24, 2.45) is 5.73 Å². The molecule has 1 atom stereocenters. The van der Waals surface area contributed by atoms with Gasteiger partial charge in [-0.25, -0.2) is 0 Å². The standard InChI is InChI=1S/C14H15N3O5/c15-14(18)7-3-6-11-9-4-1-2-5-10(9)12(16(19)20)8-13(11)17(21)22/h1-2,4-5,8,14,18H,3,6-7,15H2. The maximum Gasteiger partial charge on any atom is 0.284 e. The van der Waals surface area contributed by atoms with Gasteiger partial charge in [0.05, 0.1) is 21.3 Å². The number of nitro groups is 2. The monoisotopic (exact) mass is 305 g/mol. The maximum atomic E-state index is 11.2. The predicted molar refractivity (Wildman–Crippen MR) is 80.4 cm³/mol. The lowest BCUT2D eigenvalue weighted by molar-refractivity contribution is -0.393.